The average molecular weight is 519 g/mol. The molecule has 0 spiro atoms. The van der Waals surface area contributed by atoms with Gasteiger partial charge in [-0.25, -0.2) is 0 Å². The number of hydrogen-bond acceptors (Lipinski definition) is 4. The molecule has 2 atom stereocenters. The van der Waals surface area contributed by atoms with E-state index in [-0.39, 0.29) is 12.1 Å². The van der Waals surface area contributed by atoms with Crippen molar-refractivity contribution in [1.29, 1.82) is 0 Å². The number of benzene rings is 2. The van der Waals surface area contributed by atoms with Gasteiger partial charge in [-0.2, -0.15) is 0 Å². The average Bonchev–Trinajstić information content (AvgIpc) is 2.90. The van der Waals surface area contributed by atoms with Crippen LogP contribution in [0.15, 0.2) is 34.3 Å². The van der Waals surface area contributed by atoms with Gasteiger partial charge in [0, 0.05) is 23.6 Å². The fourth-order valence-corrected chi connectivity index (χ4v) is 5.30. The highest BCUT2D eigenvalue weighted by Crippen LogP contribution is 2.29. The lowest BCUT2D eigenvalue weighted by atomic mass is 9.91. The van der Waals surface area contributed by atoms with Crippen molar-refractivity contribution in [2.24, 2.45) is 21.8 Å². The predicted octanol–water partition coefficient (Wildman–Crippen LogP) is 8.25. The Hall–Kier alpha value is -2.62. The van der Waals surface area contributed by atoms with Gasteiger partial charge in [-0.05, 0) is 97.6 Å². The van der Waals surface area contributed by atoms with E-state index >= 15 is 0 Å². The Kier molecular flexibility index (Phi) is 11.4. The molecule has 4 heteroatoms. The summed E-state index contributed by atoms with van der Waals surface area (Å²) in [6.07, 6.45) is 13.9. The molecule has 1 aliphatic carbocycles. The minimum atomic E-state index is 0.0840. The molecule has 2 aromatic carbocycles. The number of phenols is 2. The summed E-state index contributed by atoms with van der Waals surface area (Å²) in [5.74, 6) is 2.01. The van der Waals surface area contributed by atoms with E-state index in [4.69, 9.17) is 9.98 Å². The highest BCUT2D eigenvalue weighted by Gasteiger charge is 2.24. The molecule has 4 nitrogen and oxygen atoms in total. The van der Waals surface area contributed by atoms with E-state index in [1.165, 1.54) is 11.1 Å². The lowest BCUT2D eigenvalue weighted by Crippen LogP contribution is -2.27. The van der Waals surface area contributed by atoms with Gasteiger partial charge < -0.3 is 10.2 Å². The molecule has 2 aromatic rings. The van der Waals surface area contributed by atoms with E-state index in [1.807, 2.05) is 12.4 Å². The zero-order valence-electron chi connectivity index (χ0n) is 24.6. The summed E-state index contributed by atoms with van der Waals surface area (Å²) in [6.45, 7) is 13.2. The number of phenolic OH excluding ortho intramolecular Hbond substituents is 2. The Morgan fingerprint density at radius 2 is 1.11 bits per heavy atom. The molecular weight excluding hydrogens is 468 g/mol. The quantitative estimate of drug-likeness (QED) is 0.278. The Morgan fingerprint density at radius 3 is 1.45 bits per heavy atom. The van der Waals surface area contributed by atoms with E-state index in [0.29, 0.717) is 23.3 Å². The van der Waals surface area contributed by atoms with Crippen LogP contribution in [0.3, 0.4) is 0 Å². The second-order valence-corrected chi connectivity index (χ2v) is 11.9. The predicted molar refractivity (Wildman–Crippen MR) is 163 cm³/mol. The molecule has 2 N–H and O–H groups in total. The fraction of sp³-hybridized carbons (Fsp3) is 0.588. The maximum Gasteiger partial charge on any atom is 0.127 e. The highest BCUT2D eigenvalue weighted by atomic mass is 16.3. The first-order valence-corrected chi connectivity index (χ1v) is 15.0. The standard InChI is InChI=1S/C34H50N2O2/c1-7-27-17-25(15-13-23(3)4)19-29(33(27)37)21-35-31-11-9-10-12-32(31)36-22-30-20-26(16-14-24(5)6)18-28(8-2)34(30)38/h17-24,31-32,37-38H,7-16H2,1-6H3. The van der Waals surface area contributed by atoms with Crippen molar-refractivity contribution >= 4 is 12.4 Å². The fourth-order valence-electron chi connectivity index (χ4n) is 5.30. The number of nitrogens with zero attached hydrogens (tertiary/aromatic N) is 2. The van der Waals surface area contributed by atoms with Crippen LogP contribution < -0.4 is 0 Å². The van der Waals surface area contributed by atoms with E-state index in [0.717, 1.165) is 86.5 Å². The first-order valence-electron chi connectivity index (χ1n) is 15.0. The molecule has 2 unspecified atom stereocenters. The Labute approximate surface area is 231 Å². The van der Waals surface area contributed by atoms with Gasteiger partial charge in [0.1, 0.15) is 11.5 Å². The summed E-state index contributed by atoms with van der Waals surface area (Å²) >= 11 is 0. The van der Waals surface area contributed by atoms with Crippen LogP contribution in [0.1, 0.15) is 113 Å². The maximum atomic E-state index is 10.9. The Balaban J connectivity index is 1.83. The monoisotopic (exact) mass is 518 g/mol. The van der Waals surface area contributed by atoms with E-state index in [9.17, 15) is 10.2 Å². The van der Waals surface area contributed by atoms with Crippen molar-refractivity contribution < 1.29 is 10.2 Å². The van der Waals surface area contributed by atoms with Crippen molar-refractivity contribution in [3.05, 3.63) is 57.6 Å². The third-order valence-corrected chi connectivity index (χ3v) is 7.84. The van der Waals surface area contributed by atoms with E-state index in [1.54, 1.807) is 0 Å². The van der Waals surface area contributed by atoms with Crippen LogP contribution in [-0.4, -0.2) is 34.7 Å². The van der Waals surface area contributed by atoms with Crippen LogP contribution in [0.25, 0.3) is 0 Å². The van der Waals surface area contributed by atoms with Gasteiger partial charge in [0.05, 0.1) is 12.1 Å². The van der Waals surface area contributed by atoms with Gasteiger partial charge >= 0.3 is 0 Å². The number of aryl methyl sites for hydroxylation is 4. The first-order chi connectivity index (χ1) is 18.2. The smallest absolute Gasteiger partial charge is 0.127 e. The molecule has 1 aliphatic rings. The van der Waals surface area contributed by atoms with Gasteiger partial charge in [-0.1, -0.05) is 66.5 Å². The topological polar surface area (TPSA) is 65.2 Å². The highest BCUT2D eigenvalue weighted by molar-refractivity contribution is 5.85. The minimum Gasteiger partial charge on any atom is -0.507 e. The van der Waals surface area contributed by atoms with Gasteiger partial charge in [0.15, 0.2) is 0 Å². The lowest BCUT2D eigenvalue weighted by molar-refractivity contribution is 0.390. The van der Waals surface area contributed by atoms with Gasteiger partial charge in [0.25, 0.3) is 0 Å². The van der Waals surface area contributed by atoms with E-state index < -0.39 is 0 Å². The molecule has 0 heterocycles. The summed E-state index contributed by atoms with van der Waals surface area (Å²) in [7, 11) is 0. The minimum absolute atomic E-state index is 0.0840. The molecular formula is C34H50N2O2. The largest absolute Gasteiger partial charge is 0.507 e. The van der Waals surface area contributed by atoms with E-state index in [2.05, 4.69) is 65.8 Å². The second kappa shape index (κ2) is 14.5. The van der Waals surface area contributed by atoms with Crippen LogP contribution in [0, 0.1) is 11.8 Å². The van der Waals surface area contributed by atoms with Crippen molar-refractivity contribution in [2.75, 3.05) is 0 Å². The summed E-state index contributed by atoms with van der Waals surface area (Å²) in [5, 5.41) is 21.7. The number of hydrogen-bond donors (Lipinski definition) is 2. The maximum absolute atomic E-state index is 10.9. The van der Waals surface area contributed by atoms with Gasteiger partial charge in [0.2, 0.25) is 0 Å². The lowest BCUT2D eigenvalue weighted by Gasteiger charge is -2.25. The molecule has 0 aromatic heterocycles. The van der Waals surface area contributed by atoms with Crippen LogP contribution in [0.4, 0.5) is 0 Å². The van der Waals surface area contributed by atoms with Crippen LogP contribution in [0.5, 0.6) is 11.5 Å². The van der Waals surface area contributed by atoms with Crippen molar-refractivity contribution in [1.82, 2.24) is 0 Å². The van der Waals surface area contributed by atoms with Crippen LogP contribution in [-0.2, 0) is 25.7 Å². The van der Waals surface area contributed by atoms with Crippen LogP contribution in [0.2, 0.25) is 0 Å². The molecule has 38 heavy (non-hydrogen) atoms. The summed E-state index contributed by atoms with van der Waals surface area (Å²) < 4.78 is 0. The molecule has 0 bridgehead atoms. The Bertz CT molecular complexity index is 1010. The zero-order valence-corrected chi connectivity index (χ0v) is 24.6. The molecule has 208 valence electrons. The van der Waals surface area contributed by atoms with Crippen molar-refractivity contribution in [3.8, 4) is 11.5 Å². The summed E-state index contributed by atoms with van der Waals surface area (Å²) in [4.78, 5) is 9.96. The molecule has 1 saturated carbocycles. The number of aromatic hydroxyl groups is 2. The molecule has 3 rings (SSSR count). The molecule has 0 amide bonds. The molecule has 0 aliphatic heterocycles. The molecule has 0 saturated heterocycles. The SMILES string of the molecule is CCc1cc(CCC(C)C)cc(C=NC2CCCCC2N=Cc2cc(CCC(C)C)cc(CC)c2O)c1O. The third-order valence-electron chi connectivity index (χ3n) is 7.84. The first kappa shape index (κ1) is 29.9. The normalized spacial score (nSPS) is 18.4. The van der Waals surface area contributed by atoms with Crippen molar-refractivity contribution in [3.63, 3.8) is 0 Å². The third kappa shape index (κ3) is 8.44. The summed E-state index contributed by atoms with van der Waals surface area (Å²) in [5.41, 5.74) is 6.16. The molecule has 1 fully saturated rings. The number of aliphatic imine (C=N–C) groups is 2. The summed E-state index contributed by atoms with van der Waals surface area (Å²) in [6, 6.07) is 8.67. The molecule has 0 radical (unpaired) electrons. The Morgan fingerprint density at radius 1 is 0.711 bits per heavy atom. The zero-order chi connectivity index (χ0) is 27.7. The van der Waals surface area contributed by atoms with Gasteiger partial charge in [-0.15, -0.1) is 0 Å². The number of rotatable bonds is 12. The second-order valence-electron chi connectivity index (χ2n) is 11.9. The van der Waals surface area contributed by atoms with Gasteiger partial charge in [-0.3, -0.25) is 9.98 Å². The van der Waals surface area contributed by atoms with Crippen LogP contribution >= 0.6 is 0 Å². The van der Waals surface area contributed by atoms with Crippen molar-refractivity contribution in [2.45, 2.75) is 118 Å².